The van der Waals surface area contributed by atoms with Gasteiger partial charge in [0.2, 0.25) is 5.91 Å². The van der Waals surface area contributed by atoms with Crippen LogP contribution in [-0.2, 0) is 11.2 Å². The summed E-state index contributed by atoms with van der Waals surface area (Å²) in [5, 5.41) is 5.80. The number of anilines is 1. The van der Waals surface area contributed by atoms with Crippen molar-refractivity contribution in [2.45, 2.75) is 25.8 Å². The number of para-hydroxylation sites is 1. The molecule has 1 unspecified atom stereocenters. The summed E-state index contributed by atoms with van der Waals surface area (Å²) >= 11 is 0. The minimum atomic E-state index is -0.228. The number of nitrogens with one attached hydrogen (secondary N) is 2. The van der Waals surface area contributed by atoms with Crippen molar-refractivity contribution in [3.63, 3.8) is 0 Å². The van der Waals surface area contributed by atoms with Crippen LogP contribution in [0.15, 0.2) is 77.4 Å². The van der Waals surface area contributed by atoms with E-state index in [1.165, 1.54) is 0 Å². The number of benzene rings is 2. The summed E-state index contributed by atoms with van der Waals surface area (Å²) in [6, 6.07) is 20.2. The maximum absolute atomic E-state index is 12.7. The average Bonchev–Trinajstić information content (AvgIpc) is 3.21. The third-order valence-corrected chi connectivity index (χ3v) is 4.27. The lowest BCUT2D eigenvalue weighted by Gasteiger charge is -2.16. The van der Waals surface area contributed by atoms with Crippen molar-refractivity contribution >= 4 is 17.5 Å². The molecule has 138 valence electrons. The second kappa shape index (κ2) is 8.85. The fraction of sp³-hybridized carbons (Fsp3) is 0.182. The van der Waals surface area contributed by atoms with Crippen molar-refractivity contribution in [2.75, 3.05) is 5.32 Å². The molecule has 0 aliphatic rings. The molecular formula is C22H22N2O3. The maximum atomic E-state index is 12.7. The summed E-state index contributed by atoms with van der Waals surface area (Å²) in [4.78, 5) is 24.9. The Bertz CT molecular complexity index is 889. The predicted octanol–water partition coefficient (Wildman–Crippen LogP) is 4.34. The highest BCUT2D eigenvalue weighted by atomic mass is 16.3. The average molecular weight is 362 g/mol. The van der Waals surface area contributed by atoms with E-state index in [9.17, 15) is 9.59 Å². The molecule has 0 saturated carbocycles. The number of hydrogen-bond donors (Lipinski definition) is 2. The first-order valence-corrected chi connectivity index (χ1v) is 8.90. The van der Waals surface area contributed by atoms with Crippen molar-refractivity contribution in [3.05, 3.63) is 89.9 Å². The van der Waals surface area contributed by atoms with Crippen LogP contribution >= 0.6 is 0 Å². The molecule has 3 aromatic rings. The van der Waals surface area contributed by atoms with Gasteiger partial charge < -0.3 is 15.1 Å². The van der Waals surface area contributed by atoms with Crippen LogP contribution in [0, 0.1) is 0 Å². The van der Waals surface area contributed by atoms with Crippen molar-refractivity contribution in [3.8, 4) is 0 Å². The molecular weight excluding hydrogens is 340 g/mol. The van der Waals surface area contributed by atoms with E-state index in [1.54, 1.807) is 36.6 Å². The largest absolute Gasteiger partial charge is 0.469 e. The smallest absolute Gasteiger partial charge is 0.253 e. The molecule has 5 nitrogen and oxygen atoms in total. The molecule has 2 N–H and O–H groups in total. The van der Waals surface area contributed by atoms with Crippen LogP contribution in [-0.4, -0.2) is 11.8 Å². The number of amides is 2. The van der Waals surface area contributed by atoms with Crippen LogP contribution in [0.3, 0.4) is 0 Å². The first kappa shape index (κ1) is 18.5. The van der Waals surface area contributed by atoms with Gasteiger partial charge in [-0.2, -0.15) is 0 Å². The fourth-order valence-electron chi connectivity index (χ4n) is 2.79. The molecule has 3 rings (SSSR count). The first-order valence-electron chi connectivity index (χ1n) is 8.90. The zero-order chi connectivity index (χ0) is 19.1. The van der Waals surface area contributed by atoms with E-state index in [0.717, 1.165) is 11.3 Å². The quantitative estimate of drug-likeness (QED) is 0.657. The van der Waals surface area contributed by atoms with Crippen LogP contribution in [0.1, 0.15) is 41.1 Å². The van der Waals surface area contributed by atoms with Crippen LogP contribution < -0.4 is 10.6 Å². The van der Waals surface area contributed by atoms with Crippen molar-refractivity contribution < 1.29 is 14.0 Å². The summed E-state index contributed by atoms with van der Waals surface area (Å²) in [6.07, 6.45) is 2.38. The third kappa shape index (κ3) is 5.07. The van der Waals surface area contributed by atoms with Gasteiger partial charge in [0.25, 0.3) is 5.91 Å². The highest BCUT2D eigenvalue weighted by Gasteiger charge is 2.16. The van der Waals surface area contributed by atoms with Crippen molar-refractivity contribution in [1.82, 2.24) is 5.32 Å². The van der Waals surface area contributed by atoms with Gasteiger partial charge >= 0.3 is 0 Å². The molecule has 0 saturated heterocycles. The van der Waals surface area contributed by atoms with Gasteiger partial charge in [-0.15, -0.1) is 0 Å². The van der Waals surface area contributed by atoms with E-state index in [0.29, 0.717) is 17.7 Å². The molecule has 2 aromatic carbocycles. The second-order valence-electron chi connectivity index (χ2n) is 6.28. The summed E-state index contributed by atoms with van der Waals surface area (Å²) in [6.45, 7) is 1.93. The Morgan fingerprint density at radius 3 is 2.44 bits per heavy atom. The van der Waals surface area contributed by atoms with Crippen LogP contribution in [0.25, 0.3) is 0 Å². The summed E-state index contributed by atoms with van der Waals surface area (Å²) in [5.74, 6) is 0.365. The van der Waals surface area contributed by atoms with Gasteiger partial charge in [0.15, 0.2) is 0 Å². The van der Waals surface area contributed by atoms with E-state index in [1.807, 2.05) is 43.3 Å². The zero-order valence-electron chi connectivity index (χ0n) is 15.1. The number of hydrogen-bond acceptors (Lipinski definition) is 3. The van der Waals surface area contributed by atoms with Gasteiger partial charge in [-0.1, -0.05) is 42.5 Å². The Hall–Kier alpha value is -3.34. The number of carbonyl (C=O) groups is 2. The Kier molecular flexibility index (Phi) is 6.05. The van der Waals surface area contributed by atoms with Crippen molar-refractivity contribution in [2.24, 2.45) is 0 Å². The minimum absolute atomic E-state index is 0.138. The summed E-state index contributed by atoms with van der Waals surface area (Å²) in [5.41, 5.74) is 1.96. The Morgan fingerprint density at radius 1 is 0.963 bits per heavy atom. The topological polar surface area (TPSA) is 71.3 Å². The van der Waals surface area contributed by atoms with E-state index < -0.39 is 0 Å². The molecule has 2 amide bonds. The third-order valence-electron chi connectivity index (χ3n) is 4.27. The normalized spacial score (nSPS) is 11.6. The SMILES string of the molecule is CC(NC(=O)c1ccccc1NC(=O)CCc1ccco1)c1ccccc1. The van der Waals surface area contributed by atoms with Crippen LogP contribution in [0.5, 0.6) is 0 Å². The van der Waals surface area contributed by atoms with Gasteiger partial charge in [-0.3, -0.25) is 9.59 Å². The molecule has 0 radical (unpaired) electrons. The maximum Gasteiger partial charge on any atom is 0.253 e. The van der Waals surface area contributed by atoms with Crippen LogP contribution in [0.2, 0.25) is 0 Å². The molecule has 1 heterocycles. The monoisotopic (exact) mass is 362 g/mol. The fourth-order valence-corrected chi connectivity index (χ4v) is 2.79. The Labute approximate surface area is 158 Å². The van der Waals surface area contributed by atoms with Gasteiger partial charge in [0, 0.05) is 12.8 Å². The number of aryl methyl sites for hydroxylation is 1. The molecule has 0 bridgehead atoms. The number of rotatable bonds is 7. The zero-order valence-corrected chi connectivity index (χ0v) is 15.1. The molecule has 0 fully saturated rings. The molecule has 1 aromatic heterocycles. The first-order chi connectivity index (χ1) is 13.1. The van der Waals surface area contributed by atoms with Crippen LogP contribution in [0.4, 0.5) is 5.69 Å². The number of furan rings is 1. The Balaban J connectivity index is 1.64. The van der Waals surface area contributed by atoms with Gasteiger partial charge in [-0.05, 0) is 36.8 Å². The highest BCUT2D eigenvalue weighted by molar-refractivity contribution is 6.03. The summed E-state index contributed by atoms with van der Waals surface area (Å²) < 4.78 is 5.24. The number of carbonyl (C=O) groups excluding carboxylic acids is 2. The second-order valence-corrected chi connectivity index (χ2v) is 6.28. The lowest BCUT2D eigenvalue weighted by Crippen LogP contribution is -2.28. The van der Waals surface area contributed by atoms with Crippen molar-refractivity contribution in [1.29, 1.82) is 0 Å². The Morgan fingerprint density at radius 2 is 1.70 bits per heavy atom. The molecule has 1 atom stereocenters. The van der Waals surface area contributed by atoms with Gasteiger partial charge in [0.1, 0.15) is 5.76 Å². The lowest BCUT2D eigenvalue weighted by atomic mass is 10.1. The van der Waals surface area contributed by atoms with Gasteiger partial charge in [0.05, 0.1) is 23.6 Å². The molecule has 0 spiro atoms. The molecule has 27 heavy (non-hydrogen) atoms. The molecule has 5 heteroatoms. The summed E-state index contributed by atoms with van der Waals surface area (Å²) in [7, 11) is 0. The van der Waals surface area contributed by atoms with E-state index in [4.69, 9.17) is 4.42 Å². The van der Waals surface area contributed by atoms with Gasteiger partial charge in [-0.25, -0.2) is 0 Å². The standard InChI is InChI=1S/C22H22N2O3/c1-16(17-8-3-2-4-9-17)23-22(26)19-11-5-6-12-20(19)24-21(25)14-13-18-10-7-15-27-18/h2-12,15-16H,13-14H2,1H3,(H,23,26)(H,24,25). The molecule has 0 aliphatic heterocycles. The van der Waals surface area contributed by atoms with E-state index in [-0.39, 0.29) is 24.3 Å². The predicted molar refractivity (Wildman–Crippen MR) is 104 cm³/mol. The highest BCUT2D eigenvalue weighted by Crippen LogP contribution is 2.18. The van der Waals surface area contributed by atoms with E-state index in [2.05, 4.69) is 10.6 Å². The lowest BCUT2D eigenvalue weighted by molar-refractivity contribution is -0.116. The minimum Gasteiger partial charge on any atom is -0.469 e. The van der Waals surface area contributed by atoms with E-state index >= 15 is 0 Å². The molecule has 0 aliphatic carbocycles.